The van der Waals surface area contributed by atoms with Gasteiger partial charge in [0.2, 0.25) is 0 Å². The molecule has 0 saturated heterocycles. The Balaban J connectivity index is 2.31. The van der Waals surface area contributed by atoms with E-state index < -0.39 is 0 Å². The Morgan fingerprint density at radius 1 is 1.50 bits per heavy atom. The highest BCUT2D eigenvalue weighted by Crippen LogP contribution is 2.29. The van der Waals surface area contributed by atoms with Crippen LogP contribution in [0.1, 0.15) is 32.6 Å². The van der Waals surface area contributed by atoms with Gasteiger partial charge in [0.15, 0.2) is 0 Å². The summed E-state index contributed by atoms with van der Waals surface area (Å²) in [5.41, 5.74) is 0. The average Bonchev–Trinajstić information content (AvgIpc) is 2.31. The van der Waals surface area contributed by atoms with Gasteiger partial charge in [0.05, 0.1) is 0 Å². The van der Waals surface area contributed by atoms with E-state index >= 15 is 0 Å². The molecule has 1 rings (SSSR count). The summed E-state index contributed by atoms with van der Waals surface area (Å²) >= 11 is 3.60. The molecule has 0 aromatic carbocycles. The summed E-state index contributed by atoms with van der Waals surface area (Å²) in [5, 5.41) is 0. The molecule has 10 heavy (non-hydrogen) atoms. The first-order chi connectivity index (χ1) is 4.83. The third kappa shape index (κ3) is 2.34. The third-order valence-corrected chi connectivity index (χ3v) is 2.68. The molecule has 2 atom stereocenters. The fourth-order valence-corrected chi connectivity index (χ4v) is 2.02. The topological polar surface area (TPSA) is 0 Å². The number of rotatable bonds is 0. The van der Waals surface area contributed by atoms with Gasteiger partial charge in [-0.15, -0.1) is 5.92 Å². The van der Waals surface area contributed by atoms with Crippen LogP contribution in [0.15, 0.2) is 0 Å². The SMILES string of the molecule is CCC#CC1CCC(Br)C1. The third-order valence-electron chi connectivity index (χ3n) is 1.85. The Labute approximate surface area is 71.5 Å². The van der Waals surface area contributed by atoms with Gasteiger partial charge < -0.3 is 0 Å². The minimum atomic E-state index is 0.685. The van der Waals surface area contributed by atoms with Crippen molar-refractivity contribution in [3.05, 3.63) is 0 Å². The molecule has 0 heterocycles. The molecule has 1 aliphatic rings. The Morgan fingerprint density at radius 2 is 2.30 bits per heavy atom. The zero-order valence-corrected chi connectivity index (χ0v) is 7.95. The lowest BCUT2D eigenvalue weighted by Gasteiger charge is -1.95. The summed E-state index contributed by atoms with van der Waals surface area (Å²) < 4.78 is 0. The van der Waals surface area contributed by atoms with Gasteiger partial charge in [-0.3, -0.25) is 0 Å². The van der Waals surface area contributed by atoms with E-state index in [0.717, 1.165) is 11.2 Å². The summed E-state index contributed by atoms with van der Waals surface area (Å²) in [7, 11) is 0. The van der Waals surface area contributed by atoms with E-state index in [9.17, 15) is 0 Å². The normalized spacial score (nSPS) is 31.4. The Morgan fingerprint density at radius 3 is 2.80 bits per heavy atom. The molecule has 1 fully saturated rings. The van der Waals surface area contributed by atoms with Crippen molar-refractivity contribution in [1.29, 1.82) is 0 Å². The lowest BCUT2D eigenvalue weighted by Crippen LogP contribution is -1.90. The van der Waals surface area contributed by atoms with Gasteiger partial charge in [-0.05, 0) is 19.3 Å². The first-order valence-electron chi connectivity index (χ1n) is 3.95. The maximum absolute atomic E-state index is 3.60. The van der Waals surface area contributed by atoms with Crippen LogP contribution < -0.4 is 0 Å². The van der Waals surface area contributed by atoms with E-state index in [-0.39, 0.29) is 0 Å². The Kier molecular flexibility index (Phi) is 3.28. The van der Waals surface area contributed by atoms with Crippen LogP contribution in [0.2, 0.25) is 0 Å². The van der Waals surface area contributed by atoms with Gasteiger partial charge >= 0.3 is 0 Å². The lowest BCUT2D eigenvalue weighted by atomic mass is 10.1. The lowest BCUT2D eigenvalue weighted by molar-refractivity contribution is 0.713. The monoisotopic (exact) mass is 200 g/mol. The zero-order chi connectivity index (χ0) is 7.40. The van der Waals surface area contributed by atoms with Crippen LogP contribution in [-0.2, 0) is 0 Å². The summed E-state index contributed by atoms with van der Waals surface area (Å²) in [5.74, 6) is 7.11. The van der Waals surface area contributed by atoms with Crippen LogP contribution in [0.5, 0.6) is 0 Å². The van der Waals surface area contributed by atoms with E-state index in [1.807, 2.05) is 0 Å². The molecule has 0 bridgehead atoms. The second kappa shape index (κ2) is 4.03. The second-order valence-electron chi connectivity index (χ2n) is 2.78. The van der Waals surface area contributed by atoms with Gasteiger partial charge in [-0.2, -0.15) is 0 Å². The molecule has 0 aromatic heterocycles. The summed E-state index contributed by atoms with van der Waals surface area (Å²) in [6.45, 7) is 2.10. The van der Waals surface area contributed by atoms with E-state index in [4.69, 9.17) is 0 Å². The maximum atomic E-state index is 3.60. The van der Waals surface area contributed by atoms with Crippen molar-refractivity contribution in [1.82, 2.24) is 0 Å². The van der Waals surface area contributed by atoms with Gasteiger partial charge in [-0.25, -0.2) is 0 Å². The molecule has 2 unspecified atom stereocenters. The van der Waals surface area contributed by atoms with Crippen LogP contribution in [-0.4, -0.2) is 4.83 Å². The fraction of sp³-hybridized carbons (Fsp3) is 0.778. The molecular weight excluding hydrogens is 188 g/mol. The van der Waals surface area contributed by atoms with Crippen molar-refractivity contribution in [2.45, 2.75) is 37.4 Å². The molecule has 0 nitrogen and oxygen atoms in total. The highest BCUT2D eigenvalue weighted by atomic mass is 79.9. The van der Waals surface area contributed by atoms with Crippen LogP contribution in [0, 0.1) is 17.8 Å². The van der Waals surface area contributed by atoms with Gasteiger partial charge in [0.25, 0.3) is 0 Å². The van der Waals surface area contributed by atoms with Crippen molar-refractivity contribution in [2.75, 3.05) is 0 Å². The zero-order valence-electron chi connectivity index (χ0n) is 6.36. The molecule has 56 valence electrons. The van der Waals surface area contributed by atoms with E-state index in [2.05, 4.69) is 34.7 Å². The largest absolute Gasteiger partial charge is 0.103 e. The smallest absolute Gasteiger partial charge is 0.0213 e. The van der Waals surface area contributed by atoms with Crippen molar-refractivity contribution >= 4 is 15.9 Å². The molecule has 0 aliphatic heterocycles. The van der Waals surface area contributed by atoms with E-state index in [0.29, 0.717) is 5.92 Å². The summed E-state index contributed by atoms with van der Waals surface area (Å²) in [4.78, 5) is 0.739. The van der Waals surface area contributed by atoms with Crippen molar-refractivity contribution in [3.63, 3.8) is 0 Å². The molecule has 0 N–H and O–H groups in total. The van der Waals surface area contributed by atoms with E-state index in [1.54, 1.807) is 0 Å². The quantitative estimate of drug-likeness (QED) is 0.417. The molecule has 0 radical (unpaired) electrons. The Bertz CT molecular complexity index is 152. The highest BCUT2D eigenvalue weighted by Gasteiger charge is 2.20. The van der Waals surface area contributed by atoms with Crippen molar-refractivity contribution in [2.24, 2.45) is 5.92 Å². The second-order valence-corrected chi connectivity index (χ2v) is 4.08. The highest BCUT2D eigenvalue weighted by molar-refractivity contribution is 9.09. The number of hydrogen-bond donors (Lipinski definition) is 0. The molecular formula is C9H13Br. The van der Waals surface area contributed by atoms with Crippen molar-refractivity contribution in [3.8, 4) is 11.8 Å². The van der Waals surface area contributed by atoms with Crippen LogP contribution >= 0.6 is 15.9 Å². The Hall–Kier alpha value is 0.0400. The predicted octanol–water partition coefficient (Wildman–Crippen LogP) is 2.96. The molecule has 1 aliphatic carbocycles. The van der Waals surface area contributed by atoms with Gasteiger partial charge in [0.1, 0.15) is 0 Å². The number of alkyl halides is 1. The predicted molar refractivity (Wildman–Crippen MR) is 48.1 cm³/mol. The standard InChI is InChI=1S/C9H13Br/c1-2-3-4-8-5-6-9(10)7-8/h8-9H,2,5-7H2,1H3. The molecule has 0 aromatic rings. The molecule has 0 amide bonds. The van der Waals surface area contributed by atoms with Gasteiger partial charge in [0, 0.05) is 17.2 Å². The molecule has 1 heteroatoms. The molecule has 0 spiro atoms. The summed E-state index contributed by atoms with van der Waals surface area (Å²) in [6, 6.07) is 0. The minimum Gasteiger partial charge on any atom is -0.103 e. The van der Waals surface area contributed by atoms with Crippen LogP contribution in [0.25, 0.3) is 0 Å². The van der Waals surface area contributed by atoms with Crippen molar-refractivity contribution < 1.29 is 0 Å². The number of halogens is 1. The van der Waals surface area contributed by atoms with Crippen LogP contribution in [0.4, 0.5) is 0 Å². The maximum Gasteiger partial charge on any atom is 0.0213 e. The van der Waals surface area contributed by atoms with Gasteiger partial charge in [-0.1, -0.05) is 28.8 Å². The van der Waals surface area contributed by atoms with Crippen LogP contribution in [0.3, 0.4) is 0 Å². The average molecular weight is 201 g/mol. The fourth-order valence-electron chi connectivity index (χ4n) is 1.30. The minimum absolute atomic E-state index is 0.685. The van der Waals surface area contributed by atoms with E-state index in [1.165, 1.54) is 19.3 Å². The number of hydrogen-bond acceptors (Lipinski definition) is 0. The first kappa shape index (κ1) is 8.14. The molecule has 1 saturated carbocycles. The first-order valence-corrected chi connectivity index (χ1v) is 4.87. The summed E-state index contributed by atoms with van der Waals surface area (Å²) in [6.07, 6.45) is 4.86.